The monoisotopic (exact) mass is 198 g/mol. The number of ether oxygens (including phenoxy) is 1. The van der Waals surface area contributed by atoms with Crippen molar-refractivity contribution in [3.05, 3.63) is 22.4 Å². The molecule has 2 heteroatoms. The highest BCUT2D eigenvalue weighted by Gasteiger charge is 2.19. The Bertz CT molecular complexity index is 224. The second-order valence-corrected chi connectivity index (χ2v) is 4.56. The molecule has 0 saturated heterocycles. The molecule has 0 aliphatic rings. The van der Waals surface area contributed by atoms with Crippen molar-refractivity contribution in [3.63, 3.8) is 0 Å². The predicted octanol–water partition coefficient (Wildman–Crippen LogP) is 3.84. The van der Waals surface area contributed by atoms with Gasteiger partial charge in [0.2, 0.25) is 0 Å². The Kier molecular flexibility index (Phi) is 3.94. The summed E-state index contributed by atoms with van der Waals surface area (Å²) < 4.78 is 5.88. The maximum absolute atomic E-state index is 5.88. The average Bonchev–Trinajstić information content (AvgIpc) is 2.67. The minimum atomic E-state index is 0.0595. The van der Waals surface area contributed by atoms with Crippen LogP contribution in [0.5, 0.6) is 0 Å². The predicted molar refractivity (Wildman–Crippen MR) is 58.1 cm³/mol. The van der Waals surface area contributed by atoms with Gasteiger partial charge in [0.25, 0.3) is 0 Å². The lowest BCUT2D eigenvalue weighted by molar-refractivity contribution is -0.0471. The molecule has 0 atom stereocenters. The third-order valence-electron chi connectivity index (χ3n) is 2.64. The molecule has 0 fully saturated rings. The summed E-state index contributed by atoms with van der Waals surface area (Å²) in [7, 11) is 0. The largest absolute Gasteiger partial charge is 0.370 e. The molecule has 0 aliphatic heterocycles. The third-order valence-corrected chi connectivity index (χ3v) is 3.49. The summed E-state index contributed by atoms with van der Waals surface area (Å²) in [6.07, 6.45) is 2.16. The van der Waals surface area contributed by atoms with E-state index in [1.54, 1.807) is 11.3 Å². The molecule has 1 aromatic heterocycles. The summed E-state index contributed by atoms with van der Waals surface area (Å²) in [5, 5.41) is 2.09. The number of hydrogen-bond acceptors (Lipinski definition) is 2. The maximum atomic E-state index is 5.88. The number of rotatable bonds is 5. The first-order valence-electron chi connectivity index (χ1n) is 4.86. The molecule has 13 heavy (non-hydrogen) atoms. The van der Waals surface area contributed by atoms with Gasteiger partial charge in [-0.2, -0.15) is 0 Å². The van der Waals surface area contributed by atoms with Gasteiger partial charge in [0.05, 0.1) is 12.2 Å². The van der Waals surface area contributed by atoms with Crippen molar-refractivity contribution in [1.29, 1.82) is 0 Å². The van der Waals surface area contributed by atoms with Crippen molar-refractivity contribution in [2.24, 2.45) is 0 Å². The van der Waals surface area contributed by atoms with Gasteiger partial charge >= 0.3 is 0 Å². The second-order valence-electron chi connectivity index (χ2n) is 3.53. The Hall–Kier alpha value is -0.340. The van der Waals surface area contributed by atoms with Gasteiger partial charge in [-0.25, -0.2) is 0 Å². The number of thiophene rings is 1. The Morgan fingerprint density at radius 3 is 2.54 bits per heavy atom. The van der Waals surface area contributed by atoms with E-state index in [-0.39, 0.29) is 5.60 Å². The standard InChI is InChI=1S/C11H18OS/c1-4-11(3,5-2)12-9-10-7-6-8-13-10/h6-8H,4-5,9H2,1-3H3. The van der Waals surface area contributed by atoms with Gasteiger partial charge in [0, 0.05) is 4.88 Å². The fourth-order valence-electron chi connectivity index (χ4n) is 1.09. The molecule has 0 spiro atoms. The van der Waals surface area contributed by atoms with Crippen LogP contribution in [0.15, 0.2) is 17.5 Å². The van der Waals surface area contributed by atoms with E-state index in [0.717, 1.165) is 19.4 Å². The molecule has 0 saturated carbocycles. The van der Waals surface area contributed by atoms with E-state index < -0.39 is 0 Å². The summed E-state index contributed by atoms with van der Waals surface area (Å²) in [4.78, 5) is 1.31. The van der Waals surface area contributed by atoms with Crippen LogP contribution >= 0.6 is 11.3 Å². The zero-order chi connectivity index (χ0) is 9.73. The molecular formula is C11H18OS. The molecule has 0 aromatic carbocycles. The fourth-order valence-corrected chi connectivity index (χ4v) is 1.71. The highest BCUT2D eigenvalue weighted by Crippen LogP contribution is 2.22. The van der Waals surface area contributed by atoms with E-state index in [9.17, 15) is 0 Å². The molecule has 0 unspecified atom stereocenters. The normalized spacial score (nSPS) is 11.9. The minimum absolute atomic E-state index is 0.0595. The smallest absolute Gasteiger partial charge is 0.0816 e. The molecule has 0 aliphatic carbocycles. The highest BCUT2D eigenvalue weighted by atomic mass is 32.1. The first-order chi connectivity index (χ1) is 6.20. The average molecular weight is 198 g/mol. The summed E-state index contributed by atoms with van der Waals surface area (Å²) in [6.45, 7) is 7.30. The Balaban J connectivity index is 2.41. The van der Waals surface area contributed by atoms with E-state index in [4.69, 9.17) is 4.74 Å². The van der Waals surface area contributed by atoms with Crippen LogP contribution in [0.25, 0.3) is 0 Å². The summed E-state index contributed by atoms with van der Waals surface area (Å²) in [5.74, 6) is 0. The van der Waals surface area contributed by atoms with Gasteiger partial charge in [-0.05, 0) is 31.2 Å². The van der Waals surface area contributed by atoms with Crippen LogP contribution in [0.2, 0.25) is 0 Å². The first-order valence-corrected chi connectivity index (χ1v) is 5.74. The molecule has 1 nitrogen and oxygen atoms in total. The topological polar surface area (TPSA) is 9.23 Å². The van der Waals surface area contributed by atoms with Gasteiger partial charge in [-0.1, -0.05) is 19.9 Å². The van der Waals surface area contributed by atoms with Crippen LogP contribution < -0.4 is 0 Å². The molecule has 0 bridgehead atoms. The van der Waals surface area contributed by atoms with Gasteiger partial charge in [-0.15, -0.1) is 11.3 Å². The zero-order valence-electron chi connectivity index (χ0n) is 8.67. The van der Waals surface area contributed by atoms with E-state index in [0.29, 0.717) is 0 Å². The van der Waals surface area contributed by atoms with E-state index in [1.807, 2.05) is 0 Å². The lowest BCUT2D eigenvalue weighted by Crippen LogP contribution is -2.26. The number of hydrogen-bond donors (Lipinski definition) is 0. The molecule has 1 aromatic rings. The van der Waals surface area contributed by atoms with E-state index in [1.165, 1.54) is 4.88 Å². The third kappa shape index (κ3) is 3.12. The van der Waals surface area contributed by atoms with Crippen LogP contribution in [-0.2, 0) is 11.3 Å². The lowest BCUT2D eigenvalue weighted by atomic mass is 10.0. The Morgan fingerprint density at radius 2 is 2.08 bits per heavy atom. The molecule has 1 heterocycles. The van der Waals surface area contributed by atoms with E-state index >= 15 is 0 Å². The molecule has 1 rings (SSSR count). The first kappa shape index (κ1) is 10.7. The van der Waals surface area contributed by atoms with Crippen molar-refractivity contribution < 1.29 is 4.74 Å². The second kappa shape index (κ2) is 4.77. The van der Waals surface area contributed by atoms with Gasteiger partial charge in [0.15, 0.2) is 0 Å². The van der Waals surface area contributed by atoms with Crippen LogP contribution in [0.4, 0.5) is 0 Å². The summed E-state index contributed by atoms with van der Waals surface area (Å²) in [6, 6.07) is 4.19. The SMILES string of the molecule is CCC(C)(CC)OCc1cccs1. The quantitative estimate of drug-likeness (QED) is 0.698. The van der Waals surface area contributed by atoms with Gasteiger partial charge in [-0.3, -0.25) is 0 Å². The molecule has 0 radical (unpaired) electrons. The highest BCUT2D eigenvalue weighted by molar-refractivity contribution is 7.09. The van der Waals surface area contributed by atoms with Crippen LogP contribution in [0.3, 0.4) is 0 Å². The molecule has 0 amide bonds. The van der Waals surface area contributed by atoms with Gasteiger partial charge in [0.1, 0.15) is 0 Å². The summed E-state index contributed by atoms with van der Waals surface area (Å²) in [5.41, 5.74) is 0.0595. The zero-order valence-corrected chi connectivity index (χ0v) is 9.49. The van der Waals surface area contributed by atoms with Crippen LogP contribution in [0, 0.1) is 0 Å². The van der Waals surface area contributed by atoms with Crippen molar-refractivity contribution in [3.8, 4) is 0 Å². The van der Waals surface area contributed by atoms with Crippen molar-refractivity contribution >= 4 is 11.3 Å². The van der Waals surface area contributed by atoms with Gasteiger partial charge < -0.3 is 4.74 Å². The maximum Gasteiger partial charge on any atom is 0.0816 e. The molecular weight excluding hydrogens is 180 g/mol. The minimum Gasteiger partial charge on any atom is -0.370 e. The van der Waals surface area contributed by atoms with Crippen LogP contribution in [-0.4, -0.2) is 5.60 Å². The lowest BCUT2D eigenvalue weighted by Gasteiger charge is -2.26. The summed E-state index contributed by atoms with van der Waals surface area (Å²) >= 11 is 1.76. The Labute approximate surface area is 84.7 Å². The molecule has 0 N–H and O–H groups in total. The fraction of sp³-hybridized carbons (Fsp3) is 0.636. The van der Waals surface area contributed by atoms with Crippen LogP contribution in [0.1, 0.15) is 38.5 Å². The van der Waals surface area contributed by atoms with E-state index in [2.05, 4.69) is 38.3 Å². The Morgan fingerprint density at radius 1 is 1.38 bits per heavy atom. The van der Waals surface area contributed by atoms with Crippen molar-refractivity contribution in [2.75, 3.05) is 0 Å². The van der Waals surface area contributed by atoms with Crippen molar-refractivity contribution in [1.82, 2.24) is 0 Å². The van der Waals surface area contributed by atoms with Crippen molar-refractivity contribution in [2.45, 2.75) is 45.8 Å². The molecule has 74 valence electrons.